The van der Waals surface area contributed by atoms with Crippen molar-refractivity contribution >= 4 is 33.4 Å². The summed E-state index contributed by atoms with van der Waals surface area (Å²) >= 11 is 3.47. The third kappa shape index (κ3) is 3.75. The normalized spacial score (nSPS) is 24.8. The summed E-state index contributed by atoms with van der Waals surface area (Å²) in [5.74, 6) is -0.231. The second kappa shape index (κ2) is 7.01. The first-order valence-corrected chi connectivity index (χ1v) is 8.91. The Labute approximate surface area is 144 Å². The number of anilines is 1. The summed E-state index contributed by atoms with van der Waals surface area (Å²) in [6.07, 6.45) is 2.38. The second-order valence-electron chi connectivity index (χ2n) is 6.39. The van der Waals surface area contributed by atoms with Crippen LogP contribution in [0.4, 0.5) is 5.69 Å². The average Bonchev–Trinajstić information content (AvgIpc) is 2.93. The molecule has 2 fully saturated rings. The van der Waals surface area contributed by atoms with Gasteiger partial charge < -0.3 is 15.5 Å². The summed E-state index contributed by atoms with van der Waals surface area (Å²) in [7, 11) is 0. The Bertz CT molecular complexity index is 614. The molecule has 2 atom stereocenters. The van der Waals surface area contributed by atoms with E-state index in [-0.39, 0.29) is 23.8 Å². The maximum Gasteiger partial charge on any atom is 0.227 e. The summed E-state index contributed by atoms with van der Waals surface area (Å²) in [5.41, 5.74) is 1.95. The molecule has 2 aliphatic heterocycles. The van der Waals surface area contributed by atoms with Gasteiger partial charge in [0, 0.05) is 35.7 Å². The summed E-state index contributed by atoms with van der Waals surface area (Å²) in [6.45, 7) is 4.30. The van der Waals surface area contributed by atoms with Gasteiger partial charge in [-0.05, 0) is 50.1 Å². The number of carbonyl (C=O) groups is 2. The van der Waals surface area contributed by atoms with Crippen LogP contribution in [0.25, 0.3) is 0 Å². The number of amides is 2. The standard InChI is InChI=1S/C17H22BrN3O2/c1-11-7-14(4-5-15(11)18)21-10-12(8-16(21)22)17(23)20-13-3-2-6-19-9-13/h4-5,7,12-13,19H,2-3,6,8-10H2,1H3,(H,20,23). The number of nitrogens with one attached hydrogen (secondary N) is 2. The summed E-state index contributed by atoms with van der Waals surface area (Å²) in [6, 6.07) is 6.03. The maximum absolute atomic E-state index is 12.4. The van der Waals surface area contributed by atoms with E-state index in [0.717, 1.165) is 41.7 Å². The minimum Gasteiger partial charge on any atom is -0.352 e. The topological polar surface area (TPSA) is 61.4 Å². The Morgan fingerprint density at radius 2 is 2.26 bits per heavy atom. The molecule has 2 aliphatic rings. The number of aryl methyl sites for hydroxylation is 1. The lowest BCUT2D eigenvalue weighted by atomic mass is 10.0. The summed E-state index contributed by atoms with van der Waals surface area (Å²) in [5, 5.41) is 6.38. The smallest absolute Gasteiger partial charge is 0.227 e. The van der Waals surface area contributed by atoms with Gasteiger partial charge in [0.15, 0.2) is 0 Å². The molecule has 0 bridgehead atoms. The van der Waals surface area contributed by atoms with Crippen molar-refractivity contribution in [3.63, 3.8) is 0 Å². The molecule has 3 rings (SSSR count). The number of benzene rings is 1. The van der Waals surface area contributed by atoms with Crippen LogP contribution in [0.1, 0.15) is 24.8 Å². The Morgan fingerprint density at radius 3 is 2.96 bits per heavy atom. The molecule has 0 aliphatic carbocycles. The zero-order chi connectivity index (χ0) is 16.4. The van der Waals surface area contributed by atoms with Crippen LogP contribution in [-0.4, -0.2) is 37.5 Å². The predicted molar refractivity (Wildman–Crippen MR) is 93.4 cm³/mol. The van der Waals surface area contributed by atoms with Crippen LogP contribution in [0.2, 0.25) is 0 Å². The van der Waals surface area contributed by atoms with Crippen molar-refractivity contribution in [2.75, 3.05) is 24.5 Å². The molecule has 124 valence electrons. The highest BCUT2D eigenvalue weighted by atomic mass is 79.9. The van der Waals surface area contributed by atoms with E-state index in [2.05, 4.69) is 26.6 Å². The first-order chi connectivity index (χ1) is 11.0. The molecule has 2 unspecified atom stereocenters. The van der Waals surface area contributed by atoms with Crippen LogP contribution in [0.5, 0.6) is 0 Å². The van der Waals surface area contributed by atoms with E-state index in [0.29, 0.717) is 13.0 Å². The number of carbonyl (C=O) groups excluding carboxylic acids is 2. The van der Waals surface area contributed by atoms with E-state index in [1.54, 1.807) is 4.90 Å². The summed E-state index contributed by atoms with van der Waals surface area (Å²) in [4.78, 5) is 26.5. The maximum atomic E-state index is 12.4. The number of hydrogen-bond donors (Lipinski definition) is 2. The van der Waals surface area contributed by atoms with Crippen molar-refractivity contribution in [2.24, 2.45) is 5.92 Å². The molecule has 0 radical (unpaired) electrons. The Kier molecular flexibility index (Phi) is 5.02. The Morgan fingerprint density at radius 1 is 1.43 bits per heavy atom. The monoisotopic (exact) mass is 379 g/mol. The van der Waals surface area contributed by atoms with Gasteiger partial charge in [0.05, 0.1) is 5.92 Å². The van der Waals surface area contributed by atoms with Crippen molar-refractivity contribution in [1.82, 2.24) is 10.6 Å². The average molecular weight is 380 g/mol. The van der Waals surface area contributed by atoms with Gasteiger partial charge in [-0.3, -0.25) is 9.59 Å². The molecule has 1 aromatic carbocycles. The number of halogens is 1. The first kappa shape index (κ1) is 16.5. The molecule has 2 amide bonds. The van der Waals surface area contributed by atoms with Gasteiger partial charge in [0.25, 0.3) is 0 Å². The predicted octanol–water partition coefficient (Wildman–Crippen LogP) is 1.98. The molecule has 5 nitrogen and oxygen atoms in total. The van der Waals surface area contributed by atoms with Gasteiger partial charge in [-0.25, -0.2) is 0 Å². The number of nitrogens with zero attached hydrogens (tertiary/aromatic N) is 1. The fraction of sp³-hybridized carbons (Fsp3) is 0.529. The third-order valence-corrected chi connectivity index (χ3v) is 5.48. The molecule has 1 aromatic rings. The number of hydrogen-bond acceptors (Lipinski definition) is 3. The van der Waals surface area contributed by atoms with Gasteiger partial charge in [0.2, 0.25) is 11.8 Å². The molecular formula is C17H22BrN3O2. The SMILES string of the molecule is Cc1cc(N2CC(C(=O)NC3CCCNC3)CC2=O)ccc1Br. The molecule has 2 saturated heterocycles. The molecule has 23 heavy (non-hydrogen) atoms. The van der Waals surface area contributed by atoms with Crippen molar-refractivity contribution in [3.05, 3.63) is 28.2 Å². The zero-order valence-electron chi connectivity index (χ0n) is 13.3. The largest absolute Gasteiger partial charge is 0.352 e. The molecule has 2 N–H and O–H groups in total. The van der Waals surface area contributed by atoms with Gasteiger partial charge in [-0.1, -0.05) is 15.9 Å². The lowest BCUT2D eigenvalue weighted by Gasteiger charge is -2.25. The van der Waals surface area contributed by atoms with E-state index < -0.39 is 0 Å². The van der Waals surface area contributed by atoms with Crippen LogP contribution in [0.15, 0.2) is 22.7 Å². The molecule has 2 heterocycles. The van der Waals surface area contributed by atoms with Gasteiger partial charge >= 0.3 is 0 Å². The van der Waals surface area contributed by atoms with E-state index in [1.807, 2.05) is 25.1 Å². The number of rotatable bonds is 3. The van der Waals surface area contributed by atoms with E-state index in [1.165, 1.54) is 0 Å². The number of piperidine rings is 1. The molecule has 0 saturated carbocycles. The van der Waals surface area contributed by atoms with Gasteiger partial charge in [0.1, 0.15) is 0 Å². The van der Waals surface area contributed by atoms with E-state index >= 15 is 0 Å². The zero-order valence-corrected chi connectivity index (χ0v) is 14.9. The quantitative estimate of drug-likeness (QED) is 0.843. The van der Waals surface area contributed by atoms with E-state index in [4.69, 9.17) is 0 Å². The van der Waals surface area contributed by atoms with Crippen LogP contribution in [0, 0.1) is 12.8 Å². The highest BCUT2D eigenvalue weighted by molar-refractivity contribution is 9.10. The Hall–Kier alpha value is -1.40. The molecule has 6 heteroatoms. The second-order valence-corrected chi connectivity index (χ2v) is 7.25. The van der Waals surface area contributed by atoms with Crippen molar-refractivity contribution in [1.29, 1.82) is 0 Å². The minimum absolute atomic E-state index is 0.00313. The molecule has 0 aromatic heterocycles. The van der Waals surface area contributed by atoms with Crippen molar-refractivity contribution in [3.8, 4) is 0 Å². The fourth-order valence-corrected chi connectivity index (χ4v) is 3.47. The van der Waals surface area contributed by atoms with Crippen LogP contribution in [-0.2, 0) is 9.59 Å². The lowest BCUT2D eigenvalue weighted by molar-refractivity contribution is -0.127. The van der Waals surface area contributed by atoms with Gasteiger partial charge in [-0.2, -0.15) is 0 Å². The van der Waals surface area contributed by atoms with Crippen LogP contribution >= 0.6 is 15.9 Å². The lowest BCUT2D eigenvalue weighted by Crippen LogP contribution is -2.47. The van der Waals surface area contributed by atoms with E-state index in [9.17, 15) is 9.59 Å². The highest BCUT2D eigenvalue weighted by Gasteiger charge is 2.36. The Balaban J connectivity index is 1.64. The van der Waals surface area contributed by atoms with Gasteiger partial charge in [-0.15, -0.1) is 0 Å². The minimum atomic E-state index is -0.256. The molecule has 0 spiro atoms. The molecular weight excluding hydrogens is 358 g/mol. The summed E-state index contributed by atoms with van der Waals surface area (Å²) < 4.78 is 1.02. The highest BCUT2D eigenvalue weighted by Crippen LogP contribution is 2.28. The first-order valence-electron chi connectivity index (χ1n) is 8.12. The van der Waals surface area contributed by atoms with Crippen molar-refractivity contribution in [2.45, 2.75) is 32.2 Å². The van der Waals surface area contributed by atoms with Crippen molar-refractivity contribution < 1.29 is 9.59 Å². The van der Waals surface area contributed by atoms with Crippen LogP contribution in [0.3, 0.4) is 0 Å². The third-order valence-electron chi connectivity index (χ3n) is 4.59. The fourth-order valence-electron chi connectivity index (χ4n) is 3.22. The van der Waals surface area contributed by atoms with Crippen LogP contribution < -0.4 is 15.5 Å².